The molecule has 0 N–H and O–H groups in total. The standard InChI is InChI=1S/C21H21ClN4O3/c1-3-24(4-2)19(27)18-20(28)25(14-15-9-8-10-16(22)13-15)21(29)26(23-18)17-11-6-5-7-12-17/h5-13H,3-4,14H2,1-2H3. The fourth-order valence-electron chi connectivity index (χ4n) is 3.00. The van der Waals surface area contributed by atoms with Gasteiger partial charge in [-0.25, -0.2) is 4.79 Å². The van der Waals surface area contributed by atoms with Crippen molar-refractivity contribution in [3.63, 3.8) is 0 Å². The number of amides is 1. The fraction of sp³-hybridized carbons (Fsp3) is 0.238. The molecule has 0 saturated carbocycles. The van der Waals surface area contributed by atoms with Crippen LogP contribution in [0, 0.1) is 0 Å². The van der Waals surface area contributed by atoms with Crippen molar-refractivity contribution in [2.45, 2.75) is 20.4 Å². The Bertz CT molecular complexity index is 1130. The number of hydrogen-bond donors (Lipinski definition) is 0. The zero-order valence-electron chi connectivity index (χ0n) is 16.2. The molecule has 0 radical (unpaired) electrons. The maximum absolute atomic E-state index is 13.1. The van der Waals surface area contributed by atoms with E-state index in [-0.39, 0.29) is 12.2 Å². The van der Waals surface area contributed by atoms with Gasteiger partial charge in [-0.15, -0.1) is 0 Å². The van der Waals surface area contributed by atoms with E-state index in [9.17, 15) is 14.4 Å². The normalized spacial score (nSPS) is 10.7. The third-order valence-corrected chi connectivity index (χ3v) is 4.78. The first-order valence-corrected chi connectivity index (χ1v) is 9.67. The summed E-state index contributed by atoms with van der Waals surface area (Å²) in [5.74, 6) is -0.510. The van der Waals surface area contributed by atoms with Crippen molar-refractivity contribution in [2.24, 2.45) is 0 Å². The number of halogens is 1. The lowest BCUT2D eigenvalue weighted by Gasteiger charge is -2.19. The van der Waals surface area contributed by atoms with Gasteiger partial charge in [0, 0.05) is 18.1 Å². The van der Waals surface area contributed by atoms with Crippen LogP contribution >= 0.6 is 11.6 Å². The second-order valence-electron chi connectivity index (χ2n) is 6.38. The van der Waals surface area contributed by atoms with Gasteiger partial charge in [-0.2, -0.15) is 9.78 Å². The van der Waals surface area contributed by atoms with Crippen molar-refractivity contribution in [1.82, 2.24) is 19.2 Å². The number of carbonyl (C=O) groups is 1. The predicted molar refractivity (Wildman–Crippen MR) is 112 cm³/mol. The predicted octanol–water partition coefficient (Wildman–Crippen LogP) is 2.58. The van der Waals surface area contributed by atoms with Crippen LogP contribution in [0.5, 0.6) is 0 Å². The van der Waals surface area contributed by atoms with E-state index in [1.807, 2.05) is 13.8 Å². The van der Waals surface area contributed by atoms with E-state index in [0.29, 0.717) is 29.4 Å². The Balaban J connectivity index is 2.23. The van der Waals surface area contributed by atoms with Crippen LogP contribution in [-0.4, -0.2) is 38.2 Å². The molecule has 0 saturated heterocycles. The Kier molecular flexibility index (Phi) is 6.29. The fourth-order valence-corrected chi connectivity index (χ4v) is 3.22. The van der Waals surface area contributed by atoms with Crippen molar-refractivity contribution in [1.29, 1.82) is 0 Å². The SMILES string of the molecule is CCN(CC)C(=O)c1nn(-c2ccccc2)c(=O)n(Cc2cccc(Cl)c2)c1=O. The van der Waals surface area contributed by atoms with Crippen LogP contribution < -0.4 is 11.2 Å². The van der Waals surface area contributed by atoms with Gasteiger partial charge in [-0.3, -0.25) is 14.2 Å². The van der Waals surface area contributed by atoms with Crippen LogP contribution in [0.25, 0.3) is 5.69 Å². The zero-order valence-corrected chi connectivity index (χ0v) is 17.0. The molecule has 1 heterocycles. The smallest absolute Gasteiger partial charge is 0.338 e. The molecule has 7 nitrogen and oxygen atoms in total. The average molecular weight is 413 g/mol. The Labute approximate surface area is 172 Å². The van der Waals surface area contributed by atoms with Crippen LogP contribution in [0.1, 0.15) is 29.9 Å². The summed E-state index contributed by atoms with van der Waals surface area (Å²) in [4.78, 5) is 40.5. The molecule has 29 heavy (non-hydrogen) atoms. The van der Waals surface area contributed by atoms with Gasteiger partial charge in [-0.1, -0.05) is 41.9 Å². The van der Waals surface area contributed by atoms with Crippen LogP contribution in [0.3, 0.4) is 0 Å². The highest BCUT2D eigenvalue weighted by Crippen LogP contribution is 2.11. The highest BCUT2D eigenvalue weighted by atomic mass is 35.5. The molecule has 0 aliphatic heterocycles. The second kappa shape index (κ2) is 8.87. The van der Waals surface area contributed by atoms with Gasteiger partial charge in [0.25, 0.3) is 11.5 Å². The number of benzene rings is 2. The minimum absolute atomic E-state index is 0.0217. The van der Waals surface area contributed by atoms with Gasteiger partial charge >= 0.3 is 5.69 Å². The minimum Gasteiger partial charge on any atom is -0.338 e. The third kappa shape index (κ3) is 4.30. The molecule has 2 aromatic carbocycles. The monoisotopic (exact) mass is 412 g/mol. The summed E-state index contributed by atoms with van der Waals surface area (Å²) in [7, 11) is 0. The van der Waals surface area contributed by atoms with E-state index in [4.69, 9.17) is 11.6 Å². The van der Waals surface area contributed by atoms with Crippen LogP contribution in [0.15, 0.2) is 64.2 Å². The van der Waals surface area contributed by atoms with E-state index in [0.717, 1.165) is 9.25 Å². The molecule has 1 aromatic heterocycles. The highest BCUT2D eigenvalue weighted by Gasteiger charge is 2.23. The first-order chi connectivity index (χ1) is 14.0. The molecule has 150 valence electrons. The maximum Gasteiger partial charge on any atom is 0.352 e. The molecule has 0 spiro atoms. The van der Waals surface area contributed by atoms with E-state index in [1.54, 1.807) is 54.6 Å². The first-order valence-electron chi connectivity index (χ1n) is 9.29. The van der Waals surface area contributed by atoms with Gasteiger partial charge in [0.1, 0.15) is 0 Å². The van der Waals surface area contributed by atoms with Gasteiger partial charge < -0.3 is 4.90 Å². The molecule has 3 aromatic rings. The zero-order chi connectivity index (χ0) is 21.0. The summed E-state index contributed by atoms with van der Waals surface area (Å²) in [6, 6.07) is 15.6. The topological polar surface area (TPSA) is 77.2 Å². The van der Waals surface area contributed by atoms with Gasteiger partial charge in [-0.05, 0) is 43.7 Å². The van der Waals surface area contributed by atoms with Crippen molar-refractivity contribution in [2.75, 3.05) is 13.1 Å². The molecule has 0 aliphatic carbocycles. The lowest BCUT2D eigenvalue weighted by atomic mass is 10.2. The molecule has 8 heteroatoms. The Morgan fingerprint density at radius 1 is 1.03 bits per heavy atom. The van der Waals surface area contributed by atoms with E-state index in [1.165, 1.54) is 4.90 Å². The summed E-state index contributed by atoms with van der Waals surface area (Å²) >= 11 is 6.03. The van der Waals surface area contributed by atoms with E-state index < -0.39 is 17.2 Å². The highest BCUT2D eigenvalue weighted by molar-refractivity contribution is 6.30. The molecule has 0 unspecified atom stereocenters. The number of para-hydroxylation sites is 1. The van der Waals surface area contributed by atoms with Crippen molar-refractivity contribution >= 4 is 17.5 Å². The molecule has 1 amide bonds. The Morgan fingerprint density at radius 2 is 1.72 bits per heavy atom. The first kappa shape index (κ1) is 20.5. The molecule has 0 fully saturated rings. The van der Waals surface area contributed by atoms with E-state index in [2.05, 4.69) is 5.10 Å². The summed E-state index contributed by atoms with van der Waals surface area (Å²) in [6.45, 7) is 4.47. The van der Waals surface area contributed by atoms with Crippen LogP contribution in [-0.2, 0) is 6.54 Å². The molecule has 0 atom stereocenters. The summed E-state index contributed by atoms with van der Waals surface area (Å²) in [6.07, 6.45) is 0. The molecular weight excluding hydrogens is 392 g/mol. The van der Waals surface area contributed by atoms with Gasteiger partial charge in [0.05, 0.1) is 12.2 Å². The van der Waals surface area contributed by atoms with Gasteiger partial charge in [0.15, 0.2) is 0 Å². The van der Waals surface area contributed by atoms with Crippen molar-refractivity contribution in [3.8, 4) is 5.69 Å². The largest absolute Gasteiger partial charge is 0.352 e. The number of nitrogens with zero attached hydrogens (tertiary/aromatic N) is 4. The number of carbonyl (C=O) groups excluding carboxylic acids is 1. The molecular formula is C21H21ClN4O3. The summed E-state index contributed by atoms with van der Waals surface area (Å²) < 4.78 is 2.10. The summed E-state index contributed by atoms with van der Waals surface area (Å²) in [5, 5.41) is 4.63. The lowest BCUT2D eigenvalue weighted by Crippen LogP contribution is -2.46. The summed E-state index contributed by atoms with van der Waals surface area (Å²) in [5.41, 5.74) is -0.509. The quantitative estimate of drug-likeness (QED) is 0.623. The molecule has 0 bridgehead atoms. The maximum atomic E-state index is 13.1. The number of rotatable bonds is 6. The average Bonchev–Trinajstić information content (AvgIpc) is 2.73. The Morgan fingerprint density at radius 3 is 2.34 bits per heavy atom. The van der Waals surface area contributed by atoms with E-state index >= 15 is 0 Å². The molecule has 3 rings (SSSR count). The number of hydrogen-bond acceptors (Lipinski definition) is 4. The van der Waals surface area contributed by atoms with Crippen molar-refractivity contribution in [3.05, 3.63) is 91.7 Å². The second-order valence-corrected chi connectivity index (χ2v) is 6.81. The van der Waals surface area contributed by atoms with Crippen molar-refractivity contribution < 1.29 is 4.79 Å². The van der Waals surface area contributed by atoms with Crippen LogP contribution in [0.4, 0.5) is 0 Å². The van der Waals surface area contributed by atoms with Gasteiger partial charge in [0.2, 0.25) is 5.69 Å². The third-order valence-electron chi connectivity index (χ3n) is 4.54. The minimum atomic E-state index is -0.723. The molecule has 0 aliphatic rings. The van der Waals surface area contributed by atoms with Crippen LogP contribution in [0.2, 0.25) is 5.02 Å². The lowest BCUT2D eigenvalue weighted by molar-refractivity contribution is 0.0761. The number of aromatic nitrogens is 3. The Hall–Kier alpha value is -3.19.